The smallest absolute Gasteiger partial charge is 0.351 e. The predicted octanol–water partition coefficient (Wildman–Crippen LogP) is 7.38. The van der Waals surface area contributed by atoms with Gasteiger partial charge in [0.15, 0.2) is 17.2 Å². The Bertz CT molecular complexity index is 1540. The zero-order valence-electron chi connectivity index (χ0n) is 24.0. The number of imidazole rings is 1. The Morgan fingerprint density at radius 3 is 2.51 bits per heavy atom. The van der Waals surface area contributed by atoms with E-state index >= 15 is 0 Å². The van der Waals surface area contributed by atoms with Crippen molar-refractivity contribution in [3.63, 3.8) is 0 Å². The highest BCUT2D eigenvalue weighted by Gasteiger charge is 2.30. The normalized spacial score (nSPS) is 14.2. The number of benzene rings is 2. The molecule has 2 aromatic heterocycles. The molecule has 0 saturated heterocycles. The van der Waals surface area contributed by atoms with Gasteiger partial charge in [0.1, 0.15) is 7.05 Å². The minimum absolute atomic E-state index is 1.04. The summed E-state index contributed by atoms with van der Waals surface area (Å²) in [4.78, 5) is 2.17. The van der Waals surface area contributed by atoms with Gasteiger partial charge in [0, 0.05) is 36.6 Å². The summed E-state index contributed by atoms with van der Waals surface area (Å²) in [6.45, 7) is 3.32. The van der Waals surface area contributed by atoms with E-state index < -0.39 is 0 Å². The van der Waals surface area contributed by atoms with E-state index in [4.69, 9.17) is 0 Å². The Hall–Kier alpha value is -3.92. The van der Waals surface area contributed by atoms with E-state index in [9.17, 15) is 0 Å². The Morgan fingerprint density at radius 2 is 1.64 bits per heavy atom. The number of aromatic nitrogens is 3. The monoisotopic (exact) mass is 518 g/mol. The number of nitrogens with zero attached hydrogens (tertiary/aromatic N) is 4. The quantitative estimate of drug-likeness (QED) is 0.158. The highest BCUT2D eigenvalue weighted by atomic mass is 15.2. The average Bonchev–Trinajstić information content (AvgIpc) is 3.24. The SMILES string of the molecule is CCCCCCCCn1c(-c2cc(/C=C\C=C3/C=CN(C)c4ccccc43)cc[n+]2C)[n+](C)c2ccccc21. The number of allylic oxidation sites excluding steroid dienone is 4. The van der Waals surface area contributed by atoms with Crippen molar-refractivity contribution >= 4 is 28.4 Å². The second-order valence-corrected chi connectivity index (χ2v) is 10.7. The molecular weight excluding hydrogens is 476 g/mol. The van der Waals surface area contributed by atoms with Crippen molar-refractivity contribution in [2.75, 3.05) is 11.9 Å². The average molecular weight is 519 g/mol. The lowest BCUT2D eigenvalue weighted by Gasteiger charge is -2.23. The van der Waals surface area contributed by atoms with Gasteiger partial charge in [-0.25, -0.2) is 9.13 Å². The van der Waals surface area contributed by atoms with E-state index in [2.05, 4.69) is 144 Å². The van der Waals surface area contributed by atoms with Crippen molar-refractivity contribution in [3.8, 4) is 11.5 Å². The summed E-state index contributed by atoms with van der Waals surface area (Å²) in [5.41, 5.74) is 8.73. The zero-order chi connectivity index (χ0) is 27.2. The van der Waals surface area contributed by atoms with E-state index in [1.54, 1.807) is 0 Å². The fraction of sp³-hybridized carbons (Fsp3) is 0.314. The molecule has 0 unspecified atom stereocenters. The molecule has 4 heteroatoms. The van der Waals surface area contributed by atoms with Gasteiger partial charge in [0.05, 0.1) is 13.6 Å². The third-order valence-electron chi connectivity index (χ3n) is 7.88. The van der Waals surface area contributed by atoms with Crippen LogP contribution < -0.4 is 14.0 Å². The maximum Gasteiger partial charge on any atom is 0.355 e. The minimum atomic E-state index is 1.04. The Labute approximate surface area is 233 Å². The number of unbranched alkanes of at least 4 members (excludes halogenated alkanes) is 5. The Kier molecular flexibility index (Phi) is 8.41. The molecule has 5 rings (SSSR count). The highest BCUT2D eigenvalue weighted by Crippen LogP contribution is 2.31. The van der Waals surface area contributed by atoms with Gasteiger partial charge >= 0.3 is 5.82 Å². The molecule has 0 atom stereocenters. The van der Waals surface area contributed by atoms with Gasteiger partial charge in [-0.2, -0.15) is 4.57 Å². The lowest BCUT2D eigenvalue weighted by atomic mass is 10.00. The van der Waals surface area contributed by atoms with E-state index in [-0.39, 0.29) is 0 Å². The summed E-state index contributed by atoms with van der Waals surface area (Å²) in [6, 6.07) is 21.9. The molecule has 1 aliphatic rings. The lowest BCUT2D eigenvalue weighted by molar-refractivity contribution is -0.680. The molecule has 2 aromatic carbocycles. The maximum absolute atomic E-state index is 2.53. The number of fused-ring (bicyclic) bond motifs is 2. The van der Waals surface area contributed by atoms with E-state index in [1.165, 1.54) is 83.5 Å². The van der Waals surface area contributed by atoms with Crippen LogP contribution in [0.5, 0.6) is 0 Å². The summed E-state index contributed by atoms with van der Waals surface area (Å²) in [5, 5.41) is 0. The van der Waals surface area contributed by atoms with Crippen molar-refractivity contribution in [1.29, 1.82) is 0 Å². The molecule has 0 radical (unpaired) electrons. The third-order valence-corrected chi connectivity index (χ3v) is 7.88. The standard InChI is InChI=1S/C35H42N4/c1-5-6-7-8-9-14-24-39-33-21-13-12-20-32(33)38(4)35(39)34-27-28(22-25-37(34)3)16-15-17-29-23-26-36(2)31-19-11-10-18-30(29)31/h10-13,15-23,25-27H,5-9,14,24H2,1-4H3/q+2. The summed E-state index contributed by atoms with van der Waals surface area (Å²) >= 11 is 0. The molecule has 4 aromatic rings. The molecule has 39 heavy (non-hydrogen) atoms. The predicted molar refractivity (Wildman–Crippen MR) is 164 cm³/mol. The van der Waals surface area contributed by atoms with E-state index in [1.807, 2.05) is 0 Å². The van der Waals surface area contributed by atoms with Crippen molar-refractivity contribution in [1.82, 2.24) is 4.57 Å². The molecule has 1 aliphatic heterocycles. The first kappa shape index (κ1) is 26.7. The van der Waals surface area contributed by atoms with Gasteiger partial charge in [0.2, 0.25) is 0 Å². The first-order chi connectivity index (χ1) is 19.1. The second-order valence-electron chi connectivity index (χ2n) is 10.7. The number of hydrogen-bond donors (Lipinski definition) is 0. The van der Waals surface area contributed by atoms with Crippen LogP contribution >= 0.6 is 0 Å². The molecule has 0 bridgehead atoms. The summed E-state index contributed by atoms with van der Waals surface area (Å²) in [7, 11) is 6.45. The fourth-order valence-electron chi connectivity index (χ4n) is 5.68. The summed E-state index contributed by atoms with van der Waals surface area (Å²) < 4.78 is 7.13. The van der Waals surface area contributed by atoms with Crippen LogP contribution in [0.3, 0.4) is 0 Å². The number of pyridine rings is 1. The van der Waals surface area contributed by atoms with Gasteiger partial charge in [-0.15, -0.1) is 0 Å². The highest BCUT2D eigenvalue weighted by molar-refractivity contribution is 5.87. The van der Waals surface area contributed by atoms with Gasteiger partial charge in [-0.1, -0.05) is 81.2 Å². The van der Waals surface area contributed by atoms with Crippen molar-refractivity contribution < 1.29 is 9.13 Å². The molecule has 0 fully saturated rings. The van der Waals surface area contributed by atoms with Crippen LogP contribution in [0.1, 0.15) is 56.6 Å². The number of hydrogen-bond acceptors (Lipinski definition) is 1. The number of anilines is 1. The molecule has 200 valence electrons. The molecular formula is C35H42N4+2. The van der Waals surface area contributed by atoms with Crippen LogP contribution in [0, 0.1) is 0 Å². The lowest BCUT2D eigenvalue weighted by Crippen LogP contribution is -2.38. The van der Waals surface area contributed by atoms with Crippen LogP contribution in [-0.4, -0.2) is 11.6 Å². The minimum Gasteiger partial charge on any atom is -0.351 e. The number of rotatable bonds is 10. The third kappa shape index (κ3) is 5.75. The van der Waals surface area contributed by atoms with Gasteiger partial charge in [-0.05, 0) is 48.3 Å². The van der Waals surface area contributed by atoms with Crippen LogP contribution in [-0.2, 0) is 20.6 Å². The molecule has 0 N–H and O–H groups in total. The Morgan fingerprint density at radius 1 is 0.872 bits per heavy atom. The first-order valence-corrected chi connectivity index (χ1v) is 14.4. The topological polar surface area (TPSA) is 15.9 Å². The molecule has 0 aliphatic carbocycles. The Balaban J connectivity index is 1.45. The second kappa shape index (κ2) is 12.3. The van der Waals surface area contributed by atoms with Crippen molar-refractivity contribution in [3.05, 3.63) is 102 Å². The van der Waals surface area contributed by atoms with Gasteiger partial charge in [-0.3, -0.25) is 0 Å². The van der Waals surface area contributed by atoms with Gasteiger partial charge < -0.3 is 4.90 Å². The van der Waals surface area contributed by atoms with Crippen molar-refractivity contribution in [2.24, 2.45) is 14.1 Å². The first-order valence-electron chi connectivity index (χ1n) is 14.4. The van der Waals surface area contributed by atoms with Crippen molar-refractivity contribution in [2.45, 2.75) is 52.0 Å². The molecule has 3 heterocycles. The van der Waals surface area contributed by atoms with E-state index in [0.29, 0.717) is 0 Å². The van der Waals surface area contributed by atoms with Crippen LogP contribution in [0.25, 0.3) is 34.2 Å². The van der Waals surface area contributed by atoms with Crippen LogP contribution in [0.4, 0.5) is 5.69 Å². The summed E-state index contributed by atoms with van der Waals surface area (Å²) in [6.07, 6.45) is 20.9. The maximum atomic E-state index is 2.53. The number of para-hydroxylation sites is 3. The van der Waals surface area contributed by atoms with Crippen LogP contribution in [0.15, 0.2) is 91.3 Å². The fourth-order valence-corrected chi connectivity index (χ4v) is 5.68. The van der Waals surface area contributed by atoms with E-state index in [0.717, 1.165) is 6.54 Å². The molecule has 0 amide bonds. The number of aryl methyl sites for hydroxylation is 3. The zero-order valence-corrected chi connectivity index (χ0v) is 24.0. The molecule has 0 saturated carbocycles. The summed E-state index contributed by atoms with van der Waals surface area (Å²) in [5.74, 6) is 1.26. The van der Waals surface area contributed by atoms with Gasteiger partial charge in [0.25, 0.3) is 5.69 Å². The molecule has 4 nitrogen and oxygen atoms in total. The largest absolute Gasteiger partial charge is 0.355 e. The van der Waals surface area contributed by atoms with Crippen LogP contribution in [0.2, 0.25) is 0 Å². The molecule has 0 spiro atoms.